The van der Waals surface area contributed by atoms with E-state index in [-0.39, 0.29) is 17.9 Å². The number of aliphatic imine (C=N–C) groups is 1. The van der Waals surface area contributed by atoms with Gasteiger partial charge in [0, 0.05) is 47.7 Å². The minimum absolute atomic E-state index is 0.102. The molecule has 0 radical (unpaired) electrons. The number of carbonyl (C=O) groups excluding carboxylic acids is 1. The van der Waals surface area contributed by atoms with Crippen molar-refractivity contribution in [2.45, 2.75) is 25.5 Å². The summed E-state index contributed by atoms with van der Waals surface area (Å²) in [5.41, 5.74) is 2.82. The summed E-state index contributed by atoms with van der Waals surface area (Å²) in [7, 11) is 0. The van der Waals surface area contributed by atoms with Crippen LogP contribution in [-0.4, -0.2) is 33.9 Å². The smallest absolute Gasteiger partial charge is 0.336 e. The molecule has 0 amide bonds. The number of hydrogen-bond donors (Lipinski definition) is 0. The Labute approximate surface area is 190 Å². The molecule has 8 nitrogen and oxygen atoms in total. The highest BCUT2D eigenvalue weighted by molar-refractivity contribution is 7.98. The maximum absolute atomic E-state index is 13.0. The summed E-state index contributed by atoms with van der Waals surface area (Å²) in [4.78, 5) is 32.5. The molecule has 1 aromatic heterocycles. The van der Waals surface area contributed by atoms with Crippen LogP contribution in [0.3, 0.4) is 0 Å². The fraction of sp³-hybridized carbons (Fsp3) is 0.304. The number of nitro benzene ring substituents is 1. The van der Waals surface area contributed by atoms with Crippen molar-refractivity contribution in [2.75, 3.05) is 12.4 Å². The molecule has 0 bridgehead atoms. The van der Waals surface area contributed by atoms with Crippen molar-refractivity contribution in [1.29, 1.82) is 5.26 Å². The summed E-state index contributed by atoms with van der Waals surface area (Å²) in [6.45, 7) is 3.61. The van der Waals surface area contributed by atoms with E-state index in [0.29, 0.717) is 28.5 Å². The number of aromatic nitrogens is 1. The van der Waals surface area contributed by atoms with Crippen LogP contribution in [0.25, 0.3) is 0 Å². The largest absolute Gasteiger partial charge is 0.463 e. The van der Waals surface area contributed by atoms with Gasteiger partial charge in [-0.25, -0.2) is 4.79 Å². The van der Waals surface area contributed by atoms with E-state index < -0.39 is 22.7 Å². The van der Waals surface area contributed by atoms with Crippen LogP contribution in [0.1, 0.15) is 30.9 Å². The molecular formula is C23H22N4O4S. The molecule has 164 valence electrons. The molecule has 0 fully saturated rings. The van der Waals surface area contributed by atoms with Gasteiger partial charge in [-0.05, 0) is 31.0 Å². The second-order valence-corrected chi connectivity index (χ2v) is 8.11. The minimum Gasteiger partial charge on any atom is -0.463 e. The Kier molecular flexibility index (Phi) is 7.73. The zero-order valence-electron chi connectivity index (χ0n) is 17.7. The van der Waals surface area contributed by atoms with Crippen LogP contribution >= 0.6 is 11.8 Å². The van der Waals surface area contributed by atoms with E-state index in [0.717, 1.165) is 5.56 Å². The fourth-order valence-corrected chi connectivity index (χ4v) is 4.52. The standard InChI is InChI=1S/C23H22N4O4S/c1-3-31-23(28)22-20(14-32-13-16-6-5-9-25-12-16)26-15(2)19(11-24)21(22)17-7-4-8-18(10-17)27(29)30/h4-10,12,19,21H,3,13-14H2,1-2H3. The van der Waals surface area contributed by atoms with Gasteiger partial charge in [0.15, 0.2) is 0 Å². The molecular weight excluding hydrogens is 428 g/mol. The van der Waals surface area contributed by atoms with Crippen LogP contribution in [0.4, 0.5) is 5.69 Å². The number of non-ortho nitro benzene ring substituents is 1. The van der Waals surface area contributed by atoms with Gasteiger partial charge in [0.05, 0.1) is 34.8 Å². The third kappa shape index (κ3) is 5.21. The number of hydrogen-bond acceptors (Lipinski definition) is 8. The predicted octanol–water partition coefficient (Wildman–Crippen LogP) is 4.44. The Morgan fingerprint density at radius 1 is 1.31 bits per heavy atom. The van der Waals surface area contributed by atoms with Crippen LogP contribution < -0.4 is 0 Å². The van der Waals surface area contributed by atoms with Crippen LogP contribution in [0.2, 0.25) is 0 Å². The van der Waals surface area contributed by atoms with Crippen molar-refractivity contribution >= 4 is 29.1 Å². The van der Waals surface area contributed by atoms with Gasteiger partial charge in [-0.15, -0.1) is 0 Å². The predicted molar refractivity (Wildman–Crippen MR) is 122 cm³/mol. The molecule has 0 saturated heterocycles. The number of ether oxygens (including phenoxy) is 1. The molecule has 32 heavy (non-hydrogen) atoms. The number of nitriles is 1. The first kappa shape index (κ1) is 23.2. The van der Waals surface area contributed by atoms with Crippen LogP contribution in [-0.2, 0) is 15.3 Å². The molecule has 2 heterocycles. The summed E-state index contributed by atoms with van der Waals surface area (Å²) in [6.07, 6.45) is 3.48. The summed E-state index contributed by atoms with van der Waals surface area (Å²) < 4.78 is 5.31. The Balaban J connectivity index is 2.03. The molecule has 0 spiro atoms. The maximum Gasteiger partial charge on any atom is 0.336 e. The number of pyridine rings is 1. The molecule has 0 aliphatic carbocycles. The lowest BCUT2D eigenvalue weighted by Crippen LogP contribution is -2.30. The summed E-state index contributed by atoms with van der Waals surface area (Å²) in [5, 5.41) is 21.2. The molecule has 1 aromatic carbocycles. The number of esters is 1. The highest BCUT2D eigenvalue weighted by atomic mass is 32.2. The van der Waals surface area contributed by atoms with E-state index in [1.165, 1.54) is 12.1 Å². The number of thioether (sulfide) groups is 1. The van der Waals surface area contributed by atoms with Gasteiger partial charge in [-0.1, -0.05) is 18.2 Å². The van der Waals surface area contributed by atoms with Gasteiger partial charge in [0.2, 0.25) is 0 Å². The van der Waals surface area contributed by atoms with Gasteiger partial charge >= 0.3 is 5.97 Å². The Hall–Kier alpha value is -3.51. The van der Waals surface area contributed by atoms with Crippen LogP contribution in [0, 0.1) is 27.4 Å². The summed E-state index contributed by atoms with van der Waals surface area (Å²) in [5.74, 6) is -0.902. The normalized spacial score (nSPS) is 18.0. The third-order valence-corrected chi connectivity index (χ3v) is 6.04. The van der Waals surface area contributed by atoms with Crippen molar-refractivity contribution in [3.63, 3.8) is 0 Å². The molecule has 2 unspecified atom stereocenters. The number of rotatable bonds is 8. The lowest BCUT2D eigenvalue weighted by Gasteiger charge is -2.29. The summed E-state index contributed by atoms with van der Waals surface area (Å²) >= 11 is 1.56. The monoisotopic (exact) mass is 450 g/mol. The Bertz CT molecular complexity index is 1110. The first-order chi connectivity index (χ1) is 15.5. The van der Waals surface area contributed by atoms with E-state index in [4.69, 9.17) is 4.74 Å². The number of benzene rings is 1. The second kappa shape index (κ2) is 10.7. The molecule has 2 atom stereocenters. The quantitative estimate of drug-likeness (QED) is 0.331. The Morgan fingerprint density at radius 3 is 2.78 bits per heavy atom. The molecule has 1 aliphatic heterocycles. The molecule has 1 aliphatic rings. The number of nitro groups is 1. The molecule has 2 aromatic rings. The van der Waals surface area contributed by atoms with Crippen molar-refractivity contribution in [2.24, 2.45) is 10.9 Å². The first-order valence-corrected chi connectivity index (χ1v) is 11.2. The van der Waals surface area contributed by atoms with Gasteiger partial charge in [0.1, 0.15) is 0 Å². The molecule has 3 rings (SSSR count). The zero-order valence-corrected chi connectivity index (χ0v) is 18.5. The zero-order chi connectivity index (χ0) is 23.1. The lowest BCUT2D eigenvalue weighted by molar-refractivity contribution is -0.384. The van der Waals surface area contributed by atoms with Crippen molar-refractivity contribution < 1.29 is 14.5 Å². The van der Waals surface area contributed by atoms with Gasteiger partial charge in [0.25, 0.3) is 5.69 Å². The van der Waals surface area contributed by atoms with E-state index >= 15 is 0 Å². The number of carbonyl (C=O) groups is 1. The third-order valence-electron chi connectivity index (χ3n) is 5.02. The van der Waals surface area contributed by atoms with Crippen molar-refractivity contribution in [3.8, 4) is 6.07 Å². The Morgan fingerprint density at radius 2 is 2.12 bits per heavy atom. The van der Waals surface area contributed by atoms with E-state index in [2.05, 4.69) is 16.0 Å². The topological polar surface area (TPSA) is 118 Å². The SMILES string of the molecule is CCOC(=O)C1=C(CSCc2cccnc2)N=C(C)C(C#N)C1c1cccc([N+](=O)[O-])c1. The lowest BCUT2D eigenvalue weighted by atomic mass is 9.76. The van der Waals surface area contributed by atoms with Crippen LogP contribution in [0.5, 0.6) is 0 Å². The second-order valence-electron chi connectivity index (χ2n) is 7.12. The van der Waals surface area contributed by atoms with Gasteiger partial charge in [-0.3, -0.25) is 20.1 Å². The molecule has 0 N–H and O–H groups in total. The average molecular weight is 451 g/mol. The number of nitrogens with zero attached hydrogens (tertiary/aromatic N) is 4. The molecule has 9 heteroatoms. The first-order valence-electron chi connectivity index (χ1n) is 10.0. The van der Waals surface area contributed by atoms with E-state index in [1.54, 1.807) is 50.1 Å². The minimum atomic E-state index is -0.733. The highest BCUT2D eigenvalue weighted by Crippen LogP contribution is 2.41. The summed E-state index contributed by atoms with van der Waals surface area (Å²) in [6, 6.07) is 12.1. The molecule has 0 saturated carbocycles. The van der Waals surface area contributed by atoms with Crippen molar-refractivity contribution in [3.05, 3.63) is 81.3 Å². The van der Waals surface area contributed by atoms with E-state index in [1.807, 2.05) is 12.1 Å². The van der Waals surface area contributed by atoms with Crippen molar-refractivity contribution in [1.82, 2.24) is 4.98 Å². The average Bonchev–Trinajstić information content (AvgIpc) is 2.79. The van der Waals surface area contributed by atoms with E-state index in [9.17, 15) is 20.2 Å². The fourth-order valence-electron chi connectivity index (χ4n) is 3.60. The van der Waals surface area contributed by atoms with Gasteiger partial charge < -0.3 is 4.74 Å². The van der Waals surface area contributed by atoms with Gasteiger partial charge in [-0.2, -0.15) is 17.0 Å². The highest BCUT2D eigenvalue weighted by Gasteiger charge is 2.39. The maximum atomic E-state index is 13.0. The van der Waals surface area contributed by atoms with Crippen LogP contribution in [0.15, 0.2) is 65.1 Å².